The fourth-order valence-electron chi connectivity index (χ4n) is 3.47. The molecule has 0 saturated carbocycles. The number of likely N-dealkylation sites (tertiary alicyclic amines) is 1. The first kappa shape index (κ1) is 18.0. The number of hydrogen-bond donors (Lipinski definition) is 1. The van der Waals surface area contributed by atoms with Crippen molar-refractivity contribution in [3.05, 3.63) is 30.3 Å². The van der Waals surface area contributed by atoms with Gasteiger partial charge in [-0.05, 0) is 38.8 Å². The molecule has 2 fully saturated rings. The summed E-state index contributed by atoms with van der Waals surface area (Å²) in [5.41, 5.74) is 0. The van der Waals surface area contributed by atoms with Crippen LogP contribution in [0.3, 0.4) is 0 Å². The molecule has 1 aromatic carbocycles. The van der Waals surface area contributed by atoms with Crippen molar-refractivity contribution < 1.29 is 19.0 Å². The fourth-order valence-corrected chi connectivity index (χ4v) is 3.47. The van der Waals surface area contributed by atoms with E-state index in [9.17, 15) is 4.79 Å². The molecule has 25 heavy (non-hydrogen) atoms. The third-order valence-electron chi connectivity index (χ3n) is 4.93. The monoisotopic (exact) mass is 348 g/mol. The second-order valence-electron chi connectivity index (χ2n) is 6.93. The van der Waals surface area contributed by atoms with E-state index < -0.39 is 5.79 Å². The molecule has 2 saturated heterocycles. The van der Waals surface area contributed by atoms with Crippen LogP contribution >= 0.6 is 0 Å². The number of para-hydroxylation sites is 1. The first-order valence-electron chi connectivity index (χ1n) is 9.09. The zero-order valence-corrected chi connectivity index (χ0v) is 15.1. The molecule has 6 heteroatoms. The predicted octanol–water partition coefficient (Wildman–Crippen LogP) is 2.64. The van der Waals surface area contributed by atoms with Crippen LogP contribution in [0.2, 0.25) is 0 Å². The van der Waals surface area contributed by atoms with Crippen molar-refractivity contribution in [3.8, 4) is 5.75 Å². The number of carbonyl (C=O) groups is 1. The summed E-state index contributed by atoms with van der Waals surface area (Å²) in [6.07, 6.45) is 1.90. The van der Waals surface area contributed by atoms with Crippen LogP contribution in [0, 0.1) is 5.92 Å². The molecule has 6 nitrogen and oxygen atoms in total. The average Bonchev–Trinajstić information content (AvgIpc) is 3.09. The summed E-state index contributed by atoms with van der Waals surface area (Å²) in [6, 6.07) is 9.59. The summed E-state index contributed by atoms with van der Waals surface area (Å²) in [4.78, 5) is 14.4. The number of nitrogens with zero attached hydrogens (tertiary/aromatic N) is 1. The molecule has 2 aliphatic rings. The number of rotatable bonds is 5. The minimum atomic E-state index is -0.553. The Balaban J connectivity index is 1.46. The highest BCUT2D eigenvalue weighted by Crippen LogP contribution is 2.34. The van der Waals surface area contributed by atoms with E-state index in [0.717, 1.165) is 25.1 Å². The third kappa shape index (κ3) is 4.64. The molecule has 0 aliphatic carbocycles. The second-order valence-corrected chi connectivity index (χ2v) is 6.93. The van der Waals surface area contributed by atoms with Gasteiger partial charge in [-0.1, -0.05) is 18.2 Å². The van der Waals surface area contributed by atoms with Crippen LogP contribution in [0.25, 0.3) is 0 Å². The number of carbonyl (C=O) groups excluding carboxylic acids is 1. The number of nitrogens with one attached hydrogen (secondary N) is 1. The van der Waals surface area contributed by atoms with E-state index >= 15 is 0 Å². The molecule has 138 valence electrons. The van der Waals surface area contributed by atoms with E-state index in [4.69, 9.17) is 14.2 Å². The molecule has 0 unspecified atom stereocenters. The SMILES string of the molecule is C[C@H](CNC(=O)N1CCC[C@H](C2(C)OCCO2)C1)Oc1ccccc1. The van der Waals surface area contributed by atoms with Gasteiger partial charge in [0.25, 0.3) is 0 Å². The summed E-state index contributed by atoms with van der Waals surface area (Å²) in [6.45, 7) is 7.11. The van der Waals surface area contributed by atoms with Crippen LogP contribution in [0.5, 0.6) is 5.75 Å². The van der Waals surface area contributed by atoms with Crippen molar-refractivity contribution in [2.24, 2.45) is 5.92 Å². The highest BCUT2D eigenvalue weighted by molar-refractivity contribution is 5.74. The van der Waals surface area contributed by atoms with Gasteiger partial charge < -0.3 is 24.4 Å². The largest absolute Gasteiger partial charge is 0.489 e. The van der Waals surface area contributed by atoms with Crippen LogP contribution in [-0.4, -0.2) is 55.7 Å². The maximum atomic E-state index is 12.5. The lowest BCUT2D eigenvalue weighted by Gasteiger charge is -2.39. The van der Waals surface area contributed by atoms with Gasteiger partial charge in [-0.2, -0.15) is 0 Å². The molecule has 1 aromatic rings. The third-order valence-corrected chi connectivity index (χ3v) is 4.93. The number of piperidine rings is 1. The molecule has 2 heterocycles. The normalized spacial score (nSPS) is 23.9. The van der Waals surface area contributed by atoms with Gasteiger partial charge in [0, 0.05) is 19.0 Å². The van der Waals surface area contributed by atoms with Gasteiger partial charge in [0.2, 0.25) is 0 Å². The summed E-state index contributed by atoms with van der Waals surface area (Å²) in [7, 11) is 0. The lowest BCUT2D eigenvalue weighted by molar-refractivity contribution is -0.189. The van der Waals surface area contributed by atoms with Crippen molar-refractivity contribution in [1.29, 1.82) is 0 Å². The minimum absolute atomic E-state index is 0.0465. The Morgan fingerprint density at radius 2 is 2.08 bits per heavy atom. The zero-order chi connectivity index (χ0) is 17.7. The number of urea groups is 1. The van der Waals surface area contributed by atoms with E-state index in [-0.39, 0.29) is 18.1 Å². The molecule has 2 atom stereocenters. The Kier molecular flexibility index (Phi) is 5.81. The van der Waals surface area contributed by atoms with Gasteiger partial charge in [0.1, 0.15) is 11.9 Å². The summed E-state index contributed by atoms with van der Waals surface area (Å²) in [5, 5.41) is 2.98. The Hall–Kier alpha value is -1.79. The Bertz CT molecular complexity index is 560. The quantitative estimate of drug-likeness (QED) is 0.889. The first-order valence-corrected chi connectivity index (χ1v) is 9.09. The molecule has 0 radical (unpaired) electrons. The second kappa shape index (κ2) is 8.06. The lowest BCUT2D eigenvalue weighted by atomic mass is 9.90. The number of benzene rings is 1. The molecule has 2 aliphatic heterocycles. The number of ether oxygens (including phenoxy) is 3. The summed E-state index contributed by atoms with van der Waals surface area (Å²) >= 11 is 0. The molecular weight excluding hydrogens is 320 g/mol. The van der Waals surface area contributed by atoms with Crippen molar-refractivity contribution >= 4 is 6.03 Å². The van der Waals surface area contributed by atoms with Crippen LogP contribution in [-0.2, 0) is 9.47 Å². The van der Waals surface area contributed by atoms with Gasteiger partial charge in [-0.3, -0.25) is 0 Å². The molecule has 3 rings (SSSR count). The van der Waals surface area contributed by atoms with E-state index in [1.54, 1.807) is 0 Å². The van der Waals surface area contributed by atoms with Crippen molar-refractivity contribution in [1.82, 2.24) is 10.2 Å². The van der Waals surface area contributed by atoms with Crippen LogP contribution in [0.4, 0.5) is 4.79 Å². The lowest BCUT2D eigenvalue weighted by Crippen LogP contribution is -2.52. The molecule has 0 spiro atoms. The van der Waals surface area contributed by atoms with Crippen molar-refractivity contribution in [2.45, 2.75) is 38.6 Å². The molecule has 2 amide bonds. The van der Waals surface area contributed by atoms with Crippen LogP contribution in [0.1, 0.15) is 26.7 Å². The number of hydrogen-bond acceptors (Lipinski definition) is 4. The summed E-state index contributed by atoms with van der Waals surface area (Å²) < 4.78 is 17.3. The summed E-state index contributed by atoms with van der Waals surface area (Å²) in [5.74, 6) is 0.473. The average molecular weight is 348 g/mol. The van der Waals surface area contributed by atoms with Gasteiger partial charge in [0.05, 0.1) is 19.8 Å². The van der Waals surface area contributed by atoms with E-state index in [0.29, 0.717) is 26.3 Å². The van der Waals surface area contributed by atoms with E-state index in [1.807, 2.05) is 49.1 Å². The van der Waals surface area contributed by atoms with Crippen molar-refractivity contribution in [2.75, 3.05) is 32.8 Å². The van der Waals surface area contributed by atoms with E-state index in [1.165, 1.54) is 0 Å². The van der Waals surface area contributed by atoms with Gasteiger partial charge in [-0.25, -0.2) is 4.79 Å². The Morgan fingerprint density at radius 3 is 2.80 bits per heavy atom. The van der Waals surface area contributed by atoms with Gasteiger partial charge in [-0.15, -0.1) is 0 Å². The molecule has 1 N–H and O–H groups in total. The highest BCUT2D eigenvalue weighted by Gasteiger charge is 2.42. The van der Waals surface area contributed by atoms with Crippen LogP contribution in [0.15, 0.2) is 30.3 Å². The number of amides is 2. The smallest absolute Gasteiger partial charge is 0.317 e. The topological polar surface area (TPSA) is 60.0 Å². The maximum Gasteiger partial charge on any atom is 0.317 e. The predicted molar refractivity (Wildman–Crippen MR) is 94.5 cm³/mol. The maximum absolute atomic E-state index is 12.5. The molecule has 0 bridgehead atoms. The Labute approximate surface area is 149 Å². The Morgan fingerprint density at radius 1 is 1.36 bits per heavy atom. The van der Waals surface area contributed by atoms with Gasteiger partial charge in [0.15, 0.2) is 5.79 Å². The molecule has 0 aromatic heterocycles. The van der Waals surface area contributed by atoms with E-state index in [2.05, 4.69) is 5.32 Å². The van der Waals surface area contributed by atoms with Crippen molar-refractivity contribution in [3.63, 3.8) is 0 Å². The van der Waals surface area contributed by atoms with Crippen LogP contribution < -0.4 is 10.1 Å². The highest BCUT2D eigenvalue weighted by atomic mass is 16.7. The fraction of sp³-hybridized carbons (Fsp3) is 0.632. The minimum Gasteiger partial charge on any atom is -0.489 e. The molecular formula is C19H28N2O4. The zero-order valence-electron chi connectivity index (χ0n) is 15.1. The van der Waals surface area contributed by atoms with Gasteiger partial charge >= 0.3 is 6.03 Å². The standard InChI is InChI=1S/C19H28N2O4/c1-15(25-17-8-4-3-5-9-17)13-20-18(22)21-10-6-7-16(14-21)19(2)23-11-12-24-19/h3-5,8-9,15-16H,6-7,10-14H2,1-2H3,(H,20,22)/t15-,16+/m1/s1. The first-order chi connectivity index (χ1) is 12.1.